The second-order valence-corrected chi connectivity index (χ2v) is 6.42. The summed E-state index contributed by atoms with van der Waals surface area (Å²) in [6.07, 6.45) is 1.55. The third-order valence-corrected chi connectivity index (χ3v) is 4.81. The van der Waals surface area contributed by atoms with Crippen molar-refractivity contribution in [3.05, 3.63) is 59.7 Å². The van der Waals surface area contributed by atoms with Crippen LogP contribution in [0.1, 0.15) is 36.9 Å². The van der Waals surface area contributed by atoms with E-state index < -0.39 is 12.0 Å². The Morgan fingerprint density at radius 3 is 2.46 bits per heavy atom. The first-order chi connectivity index (χ1) is 12.6. The second kappa shape index (κ2) is 8.23. The molecular weight excluding hydrogens is 330 g/mol. The van der Waals surface area contributed by atoms with Crippen molar-refractivity contribution in [3.8, 4) is 11.5 Å². The fraction of sp³-hybridized carbons (Fsp3) is 0.381. The molecule has 1 aliphatic rings. The number of carboxylic acids is 1. The lowest BCUT2D eigenvalue weighted by Gasteiger charge is -2.32. The molecule has 0 radical (unpaired) electrons. The van der Waals surface area contributed by atoms with Crippen LogP contribution < -0.4 is 9.47 Å². The third-order valence-electron chi connectivity index (χ3n) is 4.81. The topological polar surface area (TPSA) is 59.0 Å². The lowest BCUT2D eigenvalue weighted by Crippen LogP contribution is -2.39. The van der Waals surface area contributed by atoms with Crippen molar-refractivity contribution in [3.63, 3.8) is 0 Å². The van der Waals surface area contributed by atoms with Gasteiger partial charge < -0.3 is 14.6 Å². The molecule has 2 aromatic rings. The lowest BCUT2D eigenvalue weighted by molar-refractivity contribution is -0.142. The molecule has 0 saturated carbocycles. The second-order valence-electron chi connectivity index (χ2n) is 6.42. The molecule has 5 nitrogen and oxygen atoms in total. The molecule has 0 amide bonds. The SMILES string of the molecule is CCOc1cccc(C(c2cccc(OC)c2)N2CCCC2C(=O)O)c1. The molecule has 138 valence electrons. The van der Waals surface area contributed by atoms with E-state index in [2.05, 4.69) is 4.90 Å². The molecule has 1 saturated heterocycles. The molecule has 1 heterocycles. The minimum Gasteiger partial charge on any atom is -0.497 e. The summed E-state index contributed by atoms with van der Waals surface area (Å²) < 4.78 is 11.0. The van der Waals surface area contributed by atoms with Crippen LogP contribution in [-0.2, 0) is 4.79 Å². The molecule has 0 aliphatic carbocycles. The van der Waals surface area contributed by atoms with Crippen LogP contribution in [0, 0.1) is 0 Å². The molecular formula is C21H25NO4. The summed E-state index contributed by atoms with van der Waals surface area (Å²) in [6, 6.07) is 15.1. The molecule has 0 bridgehead atoms. The van der Waals surface area contributed by atoms with Crippen molar-refractivity contribution < 1.29 is 19.4 Å². The Labute approximate surface area is 154 Å². The summed E-state index contributed by atoms with van der Waals surface area (Å²) in [4.78, 5) is 13.9. The Hall–Kier alpha value is -2.53. The molecule has 1 N–H and O–H groups in total. The van der Waals surface area contributed by atoms with E-state index in [1.807, 2.05) is 55.5 Å². The van der Waals surface area contributed by atoms with Gasteiger partial charge >= 0.3 is 5.97 Å². The van der Waals surface area contributed by atoms with Crippen LogP contribution in [-0.4, -0.2) is 42.3 Å². The predicted octanol–water partition coefficient (Wildman–Crippen LogP) is 3.73. The van der Waals surface area contributed by atoms with Gasteiger partial charge in [-0.3, -0.25) is 9.69 Å². The van der Waals surface area contributed by atoms with Gasteiger partial charge in [0.1, 0.15) is 17.5 Å². The largest absolute Gasteiger partial charge is 0.497 e. The van der Waals surface area contributed by atoms with Gasteiger partial charge in [-0.05, 0) is 55.2 Å². The Bertz CT molecular complexity index is 761. The number of ether oxygens (including phenoxy) is 2. The van der Waals surface area contributed by atoms with Crippen LogP contribution in [0.5, 0.6) is 11.5 Å². The van der Waals surface area contributed by atoms with Crippen molar-refractivity contribution in [2.45, 2.75) is 31.8 Å². The summed E-state index contributed by atoms with van der Waals surface area (Å²) in [5.41, 5.74) is 2.04. The number of carbonyl (C=O) groups is 1. The predicted molar refractivity (Wildman–Crippen MR) is 99.8 cm³/mol. The molecule has 26 heavy (non-hydrogen) atoms. The Morgan fingerprint density at radius 1 is 1.19 bits per heavy atom. The van der Waals surface area contributed by atoms with Crippen LogP contribution in [0.25, 0.3) is 0 Å². The highest BCUT2D eigenvalue weighted by molar-refractivity contribution is 5.74. The minimum atomic E-state index is -0.767. The van der Waals surface area contributed by atoms with Gasteiger partial charge in [-0.15, -0.1) is 0 Å². The summed E-state index contributed by atoms with van der Waals surface area (Å²) in [6.45, 7) is 3.29. The Morgan fingerprint density at radius 2 is 1.85 bits per heavy atom. The maximum atomic E-state index is 11.8. The molecule has 1 fully saturated rings. The third kappa shape index (κ3) is 3.83. The fourth-order valence-electron chi connectivity index (χ4n) is 3.69. The summed E-state index contributed by atoms with van der Waals surface area (Å²) in [7, 11) is 1.64. The quantitative estimate of drug-likeness (QED) is 0.820. The van der Waals surface area contributed by atoms with Gasteiger partial charge in [0.25, 0.3) is 0 Å². The highest BCUT2D eigenvalue weighted by atomic mass is 16.5. The van der Waals surface area contributed by atoms with E-state index in [4.69, 9.17) is 9.47 Å². The van der Waals surface area contributed by atoms with Crippen LogP contribution in [0.2, 0.25) is 0 Å². The first-order valence-corrected chi connectivity index (χ1v) is 8.99. The molecule has 2 unspecified atom stereocenters. The monoisotopic (exact) mass is 355 g/mol. The number of benzene rings is 2. The van der Waals surface area contributed by atoms with E-state index in [-0.39, 0.29) is 6.04 Å². The maximum Gasteiger partial charge on any atom is 0.320 e. The van der Waals surface area contributed by atoms with Gasteiger partial charge in [0.2, 0.25) is 0 Å². The lowest BCUT2D eigenvalue weighted by atomic mass is 9.95. The summed E-state index contributed by atoms with van der Waals surface area (Å²) >= 11 is 0. The molecule has 1 aliphatic heterocycles. The molecule has 5 heteroatoms. The van der Waals surface area contributed by atoms with Crippen LogP contribution in [0.3, 0.4) is 0 Å². The van der Waals surface area contributed by atoms with Crippen molar-refractivity contribution in [2.24, 2.45) is 0 Å². The van der Waals surface area contributed by atoms with Crippen molar-refractivity contribution in [1.82, 2.24) is 4.90 Å². The van der Waals surface area contributed by atoms with E-state index in [0.717, 1.165) is 35.6 Å². The first kappa shape index (κ1) is 18.3. The van der Waals surface area contributed by atoms with E-state index in [1.165, 1.54) is 0 Å². The first-order valence-electron chi connectivity index (χ1n) is 8.99. The average molecular weight is 355 g/mol. The Kier molecular flexibility index (Phi) is 5.78. The smallest absolute Gasteiger partial charge is 0.320 e. The Balaban J connectivity index is 2.06. The zero-order valence-electron chi connectivity index (χ0n) is 15.2. The van der Waals surface area contributed by atoms with Gasteiger partial charge in [0, 0.05) is 6.54 Å². The van der Waals surface area contributed by atoms with Crippen LogP contribution in [0.4, 0.5) is 0 Å². The number of hydrogen-bond donors (Lipinski definition) is 1. The zero-order chi connectivity index (χ0) is 18.5. The number of rotatable bonds is 7. The normalized spacial score (nSPS) is 18.5. The highest BCUT2D eigenvalue weighted by Gasteiger charge is 2.37. The maximum absolute atomic E-state index is 11.8. The van der Waals surface area contributed by atoms with Gasteiger partial charge in [-0.2, -0.15) is 0 Å². The average Bonchev–Trinajstić information content (AvgIpc) is 3.12. The number of likely N-dealkylation sites (tertiary alicyclic amines) is 1. The summed E-state index contributed by atoms with van der Waals surface area (Å²) in [5, 5.41) is 9.67. The van der Waals surface area contributed by atoms with Crippen LogP contribution >= 0.6 is 0 Å². The number of nitrogens with zero attached hydrogens (tertiary/aromatic N) is 1. The number of methoxy groups -OCH3 is 1. The number of carboxylic acid groups (broad SMARTS) is 1. The molecule has 2 atom stereocenters. The van der Waals surface area contributed by atoms with Crippen molar-refractivity contribution >= 4 is 5.97 Å². The minimum absolute atomic E-state index is 0.158. The molecule has 0 aromatic heterocycles. The standard InChI is InChI=1S/C21H25NO4/c1-3-26-18-10-5-8-16(14-18)20(15-7-4-9-17(13-15)25-2)22-12-6-11-19(22)21(23)24/h4-5,7-10,13-14,19-20H,3,6,11-12H2,1-2H3,(H,23,24). The van der Waals surface area contributed by atoms with E-state index in [9.17, 15) is 9.90 Å². The van der Waals surface area contributed by atoms with Gasteiger partial charge in [-0.1, -0.05) is 24.3 Å². The molecule has 2 aromatic carbocycles. The summed E-state index contributed by atoms with van der Waals surface area (Å²) in [5.74, 6) is 0.792. The van der Waals surface area contributed by atoms with Gasteiger partial charge in [0.05, 0.1) is 19.8 Å². The number of hydrogen-bond acceptors (Lipinski definition) is 4. The van der Waals surface area contributed by atoms with Crippen molar-refractivity contribution in [2.75, 3.05) is 20.3 Å². The van der Waals surface area contributed by atoms with Crippen molar-refractivity contribution in [1.29, 1.82) is 0 Å². The number of aliphatic carboxylic acids is 1. The fourth-order valence-corrected chi connectivity index (χ4v) is 3.69. The van der Waals surface area contributed by atoms with Crippen LogP contribution in [0.15, 0.2) is 48.5 Å². The molecule has 3 rings (SSSR count). The van der Waals surface area contributed by atoms with E-state index >= 15 is 0 Å². The zero-order valence-corrected chi connectivity index (χ0v) is 15.2. The van der Waals surface area contributed by atoms with Gasteiger partial charge in [-0.25, -0.2) is 0 Å². The molecule has 0 spiro atoms. The van der Waals surface area contributed by atoms with E-state index in [1.54, 1.807) is 7.11 Å². The highest BCUT2D eigenvalue weighted by Crippen LogP contribution is 2.37. The van der Waals surface area contributed by atoms with Gasteiger partial charge in [0.15, 0.2) is 0 Å². The van der Waals surface area contributed by atoms with E-state index in [0.29, 0.717) is 13.0 Å².